The van der Waals surface area contributed by atoms with Gasteiger partial charge in [0.2, 0.25) is 0 Å². The fourth-order valence-electron chi connectivity index (χ4n) is 3.21. The Labute approximate surface area is 135 Å². The lowest BCUT2D eigenvalue weighted by Crippen LogP contribution is -2.08. The van der Waals surface area contributed by atoms with Gasteiger partial charge in [-0.05, 0) is 48.6 Å². The van der Waals surface area contributed by atoms with Crippen molar-refractivity contribution in [3.05, 3.63) is 65.9 Å². The maximum Gasteiger partial charge on any atom is 0.126 e. The second-order valence-corrected chi connectivity index (χ2v) is 6.23. The molecule has 0 radical (unpaired) electrons. The summed E-state index contributed by atoms with van der Waals surface area (Å²) in [5.41, 5.74) is 4.99. The van der Waals surface area contributed by atoms with Gasteiger partial charge in [-0.25, -0.2) is 9.37 Å². The minimum atomic E-state index is -0.158. The van der Waals surface area contributed by atoms with Gasteiger partial charge in [-0.2, -0.15) is 0 Å². The Kier molecular flexibility index (Phi) is 3.49. The zero-order valence-electron chi connectivity index (χ0n) is 13.2. The molecule has 1 aliphatic heterocycles. The Morgan fingerprint density at radius 2 is 1.70 bits per heavy atom. The van der Waals surface area contributed by atoms with E-state index in [-0.39, 0.29) is 5.82 Å². The van der Waals surface area contributed by atoms with Gasteiger partial charge in [0.05, 0.1) is 5.69 Å². The highest BCUT2D eigenvalue weighted by atomic mass is 19.1. The molecule has 0 bridgehead atoms. The second-order valence-electron chi connectivity index (χ2n) is 6.23. The number of fused-ring (bicyclic) bond motifs is 1. The number of imidazole rings is 1. The quantitative estimate of drug-likeness (QED) is 0.651. The van der Waals surface area contributed by atoms with Crippen molar-refractivity contribution < 1.29 is 4.39 Å². The number of aryl methyl sites for hydroxylation is 3. The number of aromatic nitrogens is 2. The van der Waals surface area contributed by atoms with Crippen LogP contribution in [0.2, 0.25) is 0 Å². The Morgan fingerprint density at radius 1 is 0.957 bits per heavy atom. The van der Waals surface area contributed by atoms with E-state index in [9.17, 15) is 4.39 Å². The average Bonchev–Trinajstić information content (AvgIpc) is 3.02. The maximum atomic E-state index is 13.4. The van der Waals surface area contributed by atoms with Crippen LogP contribution >= 0.6 is 0 Å². The van der Waals surface area contributed by atoms with Crippen LogP contribution in [0.3, 0.4) is 0 Å². The van der Waals surface area contributed by atoms with Gasteiger partial charge < -0.3 is 4.57 Å². The predicted octanol–water partition coefficient (Wildman–Crippen LogP) is 5.00. The summed E-state index contributed by atoms with van der Waals surface area (Å²) in [6, 6.07) is 13.6. The summed E-state index contributed by atoms with van der Waals surface area (Å²) in [6.45, 7) is 2.87. The van der Waals surface area contributed by atoms with Crippen molar-refractivity contribution in [1.29, 1.82) is 0 Å². The lowest BCUT2D eigenvalue weighted by atomic mass is 10.0. The fourth-order valence-corrected chi connectivity index (χ4v) is 3.21. The van der Waals surface area contributed by atoms with Gasteiger partial charge in [0.15, 0.2) is 0 Å². The summed E-state index contributed by atoms with van der Waals surface area (Å²) < 4.78 is 15.7. The maximum absolute atomic E-state index is 13.4. The molecule has 0 aliphatic carbocycles. The van der Waals surface area contributed by atoms with Gasteiger partial charge in [-0.15, -0.1) is 0 Å². The second kappa shape index (κ2) is 5.65. The third-order valence-electron chi connectivity index (χ3n) is 4.58. The number of nitrogens with zero attached hydrogens (tertiary/aromatic N) is 2. The number of hydrogen-bond acceptors (Lipinski definition) is 1. The highest BCUT2D eigenvalue weighted by Crippen LogP contribution is 2.27. The van der Waals surface area contributed by atoms with E-state index in [0.29, 0.717) is 5.56 Å². The molecule has 0 atom stereocenters. The van der Waals surface area contributed by atoms with Crippen LogP contribution in [0.5, 0.6) is 0 Å². The van der Waals surface area contributed by atoms with Crippen LogP contribution in [0.25, 0.3) is 22.4 Å². The molecule has 3 heteroatoms. The molecule has 0 unspecified atom stereocenters. The number of rotatable bonds is 2. The van der Waals surface area contributed by atoms with Gasteiger partial charge in [0.25, 0.3) is 0 Å². The molecule has 0 amide bonds. The minimum Gasteiger partial charge on any atom is -0.334 e. The van der Waals surface area contributed by atoms with E-state index in [1.54, 1.807) is 6.92 Å². The number of benzene rings is 2. The first kappa shape index (κ1) is 14.2. The molecule has 0 saturated carbocycles. The van der Waals surface area contributed by atoms with Crippen LogP contribution < -0.4 is 0 Å². The van der Waals surface area contributed by atoms with Gasteiger partial charge in [-0.1, -0.05) is 30.3 Å². The molecule has 0 N–H and O–H groups in total. The molecule has 0 saturated heterocycles. The summed E-state index contributed by atoms with van der Waals surface area (Å²) in [7, 11) is 0. The summed E-state index contributed by atoms with van der Waals surface area (Å²) in [6.07, 6.45) is 5.71. The van der Waals surface area contributed by atoms with Crippen LogP contribution in [-0.2, 0) is 13.0 Å². The zero-order chi connectivity index (χ0) is 15.8. The van der Waals surface area contributed by atoms with Crippen molar-refractivity contribution in [1.82, 2.24) is 9.55 Å². The largest absolute Gasteiger partial charge is 0.334 e. The topological polar surface area (TPSA) is 17.8 Å². The molecule has 3 aromatic rings. The molecule has 0 fully saturated rings. The van der Waals surface area contributed by atoms with E-state index in [2.05, 4.69) is 35.0 Å². The lowest BCUT2D eigenvalue weighted by molar-refractivity contribution is 0.522. The van der Waals surface area contributed by atoms with E-state index in [1.807, 2.05) is 12.1 Å². The first-order valence-corrected chi connectivity index (χ1v) is 8.14. The van der Waals surface area contributed by atoms with E-state index >= 15 is 0 Å². The molecule has 2 nitrogen and oxygen atoms in total. The Morgan fingerprint density at radius 3 is 2.43 bits per heavy atom. The molecule has 0 spiro atoms. The van der Waals surface area contributed by atoms with Crippen molar-refractivity contribution in [2.75, 3.05) is 0 Å². The van der Waals surface area contributed by atoms with E-state index in [0.717, 1.165) is 35.3 Å². The van der Waals surface area contributed by atoms with Crippen molar-refractivity contribution in [3.8, 4) is 22.4 Å². The highest BCUT2D eigenvalue weighted by molar-refractivity contribution is 5.69. The third-order valence-corrected chi connectivity index (χ3v) is 4.58. The summed E-state index contributed by atoms with van der Waals surface area (Å²) in [5, 5.41) is 0. The summed E-state index contributed by atoms with van der Waals surface area (Å²) in [4.78, 5) is 4.76. The number of halogens is 1. The molecule has 1 aliphatic rings. The SMILES string of the molecule is Cc1cc(-c2ccc(-c3cn4c(n3)CCCC4)cc2)ccc1F. The first-order chi connectivity index (χ1) is 11.2. The monoisotopic (exact) mass is 306 g/mol. The third kappa shape index (κ3) is 2.67. The Balaban J connectivity index is 1.65. The molecular formula is C20H19FN2. The Bertz CT molecular complexity index is 823. The van der Waals surface area contributed by atoms with Gasteiger partial charge in [0, 0.05) is 24.7 Å². The number of hydrogen-bond donors (Lipinski definition) is 0. The lowest BCUT2D eigenvalue weighted by Gasteiger charge is -2.11. The van der Waals surface area contributed by atoms with Crippen molar-refractivity contribution in [3.63, 3.8) is 0 Å². The molecule has 116 valence electrons. The standard InChI is InChI=1S/C20H19FN2/c1-14-12-17(9-10-18(14)21)15-5-7-16(8-6-15)19-13-23-11-3-2-4-20(23)22-19/h5-10,12-13H,2-4,11H2,1H3. The normalized spacial score (nSPS) is 13.8. The molecular weight excluding hydrogens is 287 g/mol. The van der Waals surface area contributed by atoms with Gasteiger partial charge in [-0.3, -0.25) is 0 Å². The average molecular weight is 306 g/mol. The molecule has 1 aromatic heterocycles. The fraction of sp³-hybridized carbons (Fsp3) is 0.250. The summed E-state index contributed by atoms with van der Waals surface area (Å²) in [5.74, 6) is 1.04. The van der Waals surface area contributed by atoms with Crippen LogP contribution in [0.4, 0.5) is 4.39 Å². The van der Waals surface area contributed by atoms with Crippen LogP contribution in [0.1, 0.15) is 24.2 Å². The van der Waals surface area contributed by atoms with Crippen molar-refractivity contribution >= 4 is 0 Å². The molecule has 4 rings (SSSR count). The van der Waals surface area contributed by atoms with Crippen LogP contribution in [0, 0.1) is 12.7 Å². The molecule has 2 aromatic carbocycles. The summed E-state index contributed by atoms with van der Waals surface area (Å²) >= 11 is 0. The van der Waals surface area contributed by atoms with Crippen molar-refractivity contribution in [2.24, 2.45) is 0 Å². The first-order valence-electron chi connectivity index (χ1n) is 8.14. The van der Waals surface area contributed by atoms with Crippen LogP contribution in [-0.4, -0.2) is 9.55 Å². The van der Waals surface area contributed by atoms with Crippen LogP contribution in [0.15, 0.2) is 48.7 Å². The Hall–Kier alpha value is -2.42. The van der Waals surface area contributed by atoms with Gasteiger partial charge >= 0.3 is 0 Å². The van der Waals surface area contributed by atoms with E-state index in [1.165, 1.54) is 24.7 Å². The highest BCUT2D eigenvalue weighted by Gasteiger charge is 2.13. The zero-order valence-corrected chi connectivity index (χ0v) is 13.2. The van der Waals surface area contributed by atoms with E-state index in [4.69, 9.17) is 4.98 Å². The predicted molar refractivity (Wildman–Crippen MR) is 90.7 cm³/mol. The smallest absolute Gasteiger partial charge is 0.126 e. The molecule has 23 heavy (non-hydrogen) atoms. The van der Waals surface area contributed by atoms with E-state index < -0.39 is 0 Å². The van der Waals surface area contributed by atoms with Crippen molar-refractivity contribution in [2.45, 2.75) is 32.7 Å². The molecule has 2 heterocycles. The van der Waals surface area contributed by atoms with Gasteiger partial charge in [0.1, 0.15) is 11.6 Å². The minimum absolute atomic E-state index is 0.158.